The predicted octanol–water partition coefficient (Wildman–Crippen LogP) is 6.54. The molecule has 2 aliphatic carbocycles. The standard InChI is InChI=1S/C72H87N9O20S/c1-43-49(47-14-16-55(76-59(47)65(89)90)79-25-19-46-50(37-79)48(13-15-52(46)95-5)64(88)77-68-75-51-9-6-7-10-54(51)102-68)36-74-81(43)42-72(40-70(2)21-8-22-71(3,39-70)41-72)23-29-96-32-28-78(27-31-94-4)69(93)99-38-44-11-12-45(100-67-62(87)60(85)61(86)63(101-67)66(91)92)35-53(44)98-34-33-97-30-24-73-56(82)20-26-80-57(83)17-18-58(80)84/h6-7,9-18,35-36,60-63,67,85-87H,8,19-34,37-42H2,1-5H3,(H,73,82)(H,89,90)(H,91,92)(H,75,77,88)/t60-,61-,62+,63-,67+,70?,71?,72?/m0/s1. The smallest absolute Gasteiger partial charge is 0.410 e. The molecule has 30 heteroatoms. The van der Waals surface area contributed by atoms with Crippen LogP contribution >= 0.6 is 11.3 Å². The quantitative estimate of drug-likeness (QED) is 0.0174. The van der Waals surface area contributed by atoms with Crippen molar-refractivity contribution in [2.45, 2.75) is 129 Å². The summed E-state index contributed by atoms with van der Waals surface area (Å²) in [5.41, 5.74) is 4.82. The van der Waals surface area contributed by atoms with Crippen LogP contribution in [0.3, 0.4) is 0 Å². The number of aliphatic hydroxyl groups is 3. The summed E-state index contributed by atoms with van der Waals surface area (Å²) in [4.78, 5) is 103. The normalized spacial score (nSPS) is 23.0. The molecule has 3 aromatic carbocycles. The van der Waals surface area contributed by atoms with Crippen LogP contribution in [0.5, 0.6) is 17.2 Å². The number of hydrogen-bond acceptors (Lipinski definition) is 23. The monoisotopic (exact) mass is 1430 g/mol. The maximum Gasteiger partial charge on any atom is 0.410 e. The number of methoxy groups -OCH3 is 2. The molecule has 0 radical (unpaired) electrons. The maximum atomic E-state index is 14.0. The lowest BCUT2D eigenvalue weighted by Crippen LogP contribution is -2.61. The molecule has 1 saturated heterocycles. The molecule has 3 aliphatic heterocycles. The summed E-state index contributed by atoms with van der Waals surface area (Å²) in [6, 6.07) is 19.1. The Labute approximate surface area is 592 Å². The second-order valence-electron chi connectivity index (χ2n) is 27.3. The number of aliphatic carboxylic acids is 1. The van der Waals surface area contributed by atoms with E-state index in [-0.39, 0.29) is 118 Å². The Kier molecular flexibility index (Phi) is 23.6. The minimum atomic E-state index is -1.95. The van der Waals surface area contributed by atoms with E-state index >= 15 is 0 Å². The Balaban J connectivity index is 0.730. The van der Waals surface area contributed by atoms with Crippen molar-refractivity contribution < 1.29 is 97.0 Å². The first-order valence-electron chi connectivity index (χ1n) is 34.0. The number of aromatic nitrogens is 4. The number of rotatable bonds is 32. The summed E-state index contributed by atoms with van der Waals surface area (Å²) in [5, 5.41) is 63.0. The zero-order chi connectivity index (χ0) is 72.5. The van der Waals surface area contributed by atoms with Gasteiger partial charge in [-0.1, -0.05) is 43.7 Å². The number of hydrogen-bond donors (Lipinski definition) is 7. The van der Waals surface area contributed by atoms with Crippen LogP contribution in [0.25, 0.3) is 21.3 Å². The highest BCUT2D eigenvalue weighted by Gasteiger charge is 2.53. The molecule has 29 nitrogen and oxygen atoms in total. The molecular weight excluding hydrogens is 1340 g/mol. The summed E-state index contributed by atoms with van der Waals surface area (Å²) >= 11 is 1.39. The van der Waals surface area contributed by atoms with Crippen LogP contribution in [-0.4, -0.2) is 214 Å². The van der Waals surface area contributed by atoms with E-state index < -0.39 is 66.5 Å². The van der Waals surface area contributed by atoms with Crippen molar-refractivity contribution in [2.75, 3.05) is 96.8 Å². The molecule has 3 fully saturated rings. The van der Waals surface area contributed by atoms with Crippen molar-refractivity contribution in [1.29, 1.82) is 0 Å². The van der Waals surface area contributed by atoms with E-state index in [4.69, 9.17) is 48.0 Å². The first-order valence-corrected chi connectivity index (χ1v) is 34.9. The Hall–Kier alpha value is -9.14. The number of aromatic carboxylic acids is 1. The van der Waals surface area contributed by atoms with Crippen molar-refractivity contribution in [2.24, 2.45) is 16.2 Å². The highest BCUT2D eigenvalue weighted by molar-refractivity contribution is 7.22. The molecule has 6 aromatic rings. The first kappa shape index (κ1) is 74.1. The van der Waals surface area contributed by atoms with E-state index in [1.54, 1.807) is 31.5 Å². The summed E-state index contributed by atoms with van der Waals surface area (Å²) in [7, 11) is 3.11. The maximum absolute atomic E-state index is 14.0. The third-order valence-electron chi connectivity index (χ3n) is 19.7. The van der Waals surface area contributed by atoms with Gasteiger partial charge in [0.25, 0.3) is 17.7 Å². The van der Waals surface area contributed by atoms with Crippen LogP contribution in [0, 0.1) is 23.2 Å². The van der Waals surface area contributed by atoms with Gasteiger partial charge >= 0.3 is 18.0 Å². The molecule has 3 aromatic heterocycles. The van der Waals surface area contributed by atoms with Crippen molar-refractivity contribution in [3.8, 4) is 28.4 Å². The molecule has 102 heavy (non-hydrogen) atoms. The highest BCUT2D eigenvalue weighted by Crippen LogP contribution is 2.62. The summed E-state index contributed by atoms with van der Waals surface area (Å²) in [6.07, 6.45) is 1.25. The van der Waals surface area contributed by atoms with Gasteiger partial charge in [-0.3, -0.25) is 34.1 Å². The van der Waals surface area contributed by atoms with Crippen LogP contribution in [0.4, 0.5) is 15.7 Å². The third-order valence-corrected chi connectivity index (χ3v) is 20.7. The molecule has 2 bridgehead atoms. The summed E-state index contributed by atoms with van der Waals surface area (Å²) in [6.45, 7) is 8.73. The van der Waals surface area contributed by atoms with Gasteiger partial charge in [-0.05, 0) is 122 Å². The summed E-state index contributed by atoms with van der Waals surface area (Å²) in [5.74, 6) is -3.28. The van der Waals surface area contributed by atoms with E-state index in [0.29, 0.717) is 71.5 Å². The van der Waals surface area contributed by atoms with Crippen molar-refractivity contribution in [3.05, 3.63) is 119 Å². The molecule has 2 saturated carbocycles. The lowest BCUT2D eigenvalue weighted by Gasteiger charge is -2.57. The first-order chi connectivity index (χ1) is 49.0. The van der Waals surface area contributed by atoms with Crippen molar-refractivity contribution >= 4 is 74.2 Å². The number of carboxylic acids is 2. The second-order valence-corrected chi connectivity index (χ2v) is 28.3. The number of fused-ring (bicyclic) bond motifs is 4. The number of imide groups is 1. The van der Waals surface area contributed by atoms with Crippen LogP contribution in [0.2, 0.25) is 0 Å². The van der Waals surface area contributed by atoms with Gasteiger partial charge in [0.1, 0.15) is 54.6 Å². The van der Waals surface area contributed by atoms with Gasteiger partial charge in [-0.2, -0.15) is 5.10 Å². The number of ether oxygens (including phenoxy) is 8. The Bertz CT molecular complexity index is 4040. The van der Waals surface area contributed by atoms with E-state index in [1.165, 1.54) is 41.5 Å². The molecule has 6 heterocycles. The Morgan fingerprint density at radius 2 is 1.56 bits per heavy atom. The molecule has 546 valence electrons. The highest BCUT2D eigenvalue weighted by atomic mass is 32.1. The largest absolute Gasteiger partial charge is 0.496 e. The SMILES string of the molecule is COCCN(CCOCCC1(Cn2ncc(-c3ccc(N4CCc5c(OC)ccc(C(=O)Nc6nc7ccccc7s6)c5C4)nc3C(=O)O)c2C)CC2(C)CCCC(C)(C2)C1)C(=O)OCc1ccc(O[C@@H]2O[C@H](C(=O)O)[C@@H](O)[C@H](O)[C@H]2O)cc1OCCOCCNC(=O)CCN1C(=O)C=CC1=O. The van der Waals surface area contributed by atoms with Gasteiger partial charge < -0.3 is 78.5 Å². The van der Waals surface area contributed by atoms with Crippen LogP contribution in [-0.2, 0) is 69.0 Å². The number of aliphatic hydroxyl groups excluding tert-OH is 3. The molecule has 7 atom stereocenters. The minimum Gasteiger partial charge on any atom is -0.496 e. The molecular formula is C72H87N9O20S. The van der Waals surface area contributed by atoms with Crippen LogP contribution in [0.15, 0.2) is 85.1 Å². The zero-order valence-corrected chi connectivity index (χ0v) is 58.4. The van der Waals surface area contributed by atoms with Crippen molar-refractivity contribution in [3.63, 3.8) is 0 Å². The molecule has 5 amide bonds. The molecule has 0 spiro atoms. The number of nitrogens with one attached hydrogen (secondary N) is 2. The molecule has 7 N–H and O–H groups in total. The zero-order valence-electron chi connectivity index (χ0n) is 57.6. The van der Waals surface area contributed by atoms with E-state index in [9.17, 15) is 59.1 Å². The van der Waals surface area contributed by atoms with Gasteiger partial charge in [-0.25, -0.2) is 24.4 Å². The number of amides is 5. The lowest BCUT2D eigenvalue weighted by atomic mass is 9.48. The predicted molar refractivity (Wildman–Crippen MR) is 369 cm³/mol. The second kappa shape index (κ2) is 32.5. The number of para-hydroxylation sites is 1. The topological polar surface area (TPSA) is 372 Å². The number of carbonyl (C=O) groups is 7. The minimum absolute atomic E-state index is 0.00372. The molecule has 2 unspecified atom stereocenters. The number of pyridine rings is 1. The fourth-order valence-electron chi connectivity index (χ4n) is 15.2. The molecule has 5 aliphatic rings. The van der Waals surface area contributed by atoms with Gasteiger partial charge in [0.05, 0.1) is 50.0 Å². The molecule has 11 rings (SSSR count). The van der Waals surface area contributed by atoms with Gasteiger partial charge in [-0.15, -0.1) is 0 Å². The van der Waals surface area contributed by atoms with E-state index in [2.05, 4.69) is 29.5 Å². The number of anilines is 2. The number of carbonyl (C=O) groups excluding carboxylic acids is 5. The number of thiazole rings is 1. The Morgan fingerprint density at radius 1 is 0.804 bits per heavy atom. The number of carboxylic acid groups (broad SMARTS) is 2. The Morgan fingerprint density at radius 3 is 2.29 bits per heavy atom. The van der Waals surface area contributed by atoms with Crippen LogP contribution in [0.1, 0.15) is 108 Å². The summed E-state index contributed by atoms with van der Waals surface area (Å²) < 4.78 is 49.3. The average molecular weight is 1430 g/mol. The fraction of sp³-hybridized carbons (Fsp3) is 0.500. The third kappa shape index (κ3) is 17.3. The van der Waals surface area contributed by atoms with Gasteiger partial charge in [0, 0.05) is 118 Å². The van der Waals surface area contributed by atoms with E-state index in [1.807, 2.05) is 46.8 Å². The van der Waals surface area contributed by atoms with Gasteiger partial charge in [0.15, 0.2) is 16.9 Å². The van der Waals surface area contributed by atoms with Crippen LogP contribution < -0.4 is 29.7 Å². The number of nitrogens with zero attached hydrogens (tertiary/aromatic N) is 7. The van der Waals surface area contributed by atoms with Crippen molar-refractivity contribution in [1.82, 2.24) is 34.9 Å². The van der Waals surface area contributed by atoms with Gasteiger partial charge in [0.2, 0.25) is 12.2 Å². The number of benzene rings is 3. The lowest BCUT2D eigenvalue weighted by molar-refractivity contribution is -0.271. The van der Waals surface area contributed by atoms with E-state index in [0.717, 1.165) is 82.6 Å². The fourth-order valence-corrected chi connectivity index (χ4v) is 16.0. The average Bonchev–Trinajstić information content (AvgIpc) is 0.959.